The van der Waals surface area contributed by atoms with Crippen molar-refractivity contribution in [3.63, 3.8) is 0 Å². The Labute approximate surface area is 67.6 Å². The number of alkyl halides is 1. The summed E-state index contributed by atoms with van der Waals surface area (Å²) in [6.07, 6.45) is 0.506. The van der Waals surface area contributed by atoms with E-state index in [2.05, 4.69) is 10.5 Å². The van der Waals surface area contributed by atoms with Crippen LogP contribution in [0, 0.1) is 0 Å². The molecule has 0 aromatic rings. The molecule has 1 unspecified atom stereocenters. The molecule has 6 heteroatoms. The number of nitrogens with zero attached hydrogens (tertiary/aromatic N) is 2. The zero-order valence-electron chi connectivity index (χ0n) is 4.31. The first kappa shape index (κ1) is 7.41. The summed E-state index contributed by atoms with van der Waals surface area (Å²) in [5.41, 5.74) is 2.34. The van der Waals surface area contributed by atoms with Crippen molar-refractivity contribution < 1.29 is 0 Å². The van der Waals surface area contributed by atoms with Gasteiger partial charge in [-0.1, -0.05) is 11.6 Å². The van der Waals surface area contributed by atoms with Crippen LogP contribution in [0.4, 0.5) is 0 Å². The van der Waals surface area contributed by atoms with Crippen LogP contribution in [0.5, 0.6) is 0 Å². The summed E-state index contributed by atoms with van der Waals surface area (Å²) < 4.78 is 0.976. The van der Waals surface area contributed by atoms with Gasteiger partial charge in [-0.15, -0.1) is 21.3 Å². The second-order valence-electron chi connectivity index (χ2n) is 1.54. The summed E-state index contributed by atoms with van der Waals surface area (Å²) in [5, 5.41) is 4.02. The van der Waals surface area contributed by atoms with Crippen LogP contribution in [0.25, 0.3) is 0 Å². The molecule has 0 saturated heterocycles. The molecular formula is C3H4Cl3N3. The number of hydrogen-bond acceptors (Lipinski definition) is 3. The minimum absolute atomic E-state index is 0.257. The lowest BCUT2D eigenvalue weighted by Gasteiger charge is -2.20. The standard InChI is InChI=1S/C3H4Cl3N3/c4-2-1-3(5)8-9(6)7-2/h2,7H,1H2. The Morgan fingerprint density at radius 2 is 2.44 bits per heavy atom. The molecule has 1 heterocycles. The van der Waals surface area contributed by atoms with E-state index in [1.54, 1.807) is 0 Å². The quantitative estimate of drug-likeness (QED) is 0.354. The monoisotopic (exact) mass is 187 g/mol. The number of nitrogens with one attached hydrogen (secondary N) is 1. The lowest BCUT2D eigenvalue weighted by Crippen LogP contribution is -2.37. The van der Waals surface area contributed by atoms with Gasteiger partial charge in [0.25, 0.3) is 0 Å². The molecule has 52 valence electrons. The predicted octanol–water partition coefficient (Wildman–Crippen LogP) is 1.47. The van der Waals surface area contributed by atoms with Crippen molar-refractivity contribution in [1.82, 2.24) is 10.1 Å². The number of rotatable bonds is 0. The van der Waals surface area contributed by atoms with Crippen molar-refractivity contribution in [1.29, 1.82) is 0 Å². The minimum atomic E-state index is -0.257. The van der Waals surface area contributed by atoms with Crippen molar-refractivity contribution in [2.75, 3.05) is 0 Å². The first-order valence-corrected chi connectivity index (χ1v) is 3.43. The van der Waals surface area contributed by atoms with Crippen molar-refractivity contribution in [3.8, 4) is 0 Å². The van der Waals surface area contributed by atoms with E-state index in [1.807, 2.05) is 0 Å². The molecule has 3 nitrogen and oxygen atoms in total. The Morgan fingerprint density at radius 1 is 1.78 bits per heavy atom. The van der Waals surface area contributed by atoms with E-state index in [0.717, 1.165) is 4.64 Å². The predicted molar refractivity (Wildman–Crippen MR) is 38.4 cm³/mol. The SMILES string of the molecule is ClC1=NN(Cl)NC(Cl)C1. The Kier molecular flexibility index (Phi) is 2.41. The molecule has 0 spiro atoms. The maximum atomic E-state index is 5.60. The molecule has 1 N–H and O–H groups in total. The van der Waals surface area contributed by atoms with Crippen LogP contribution in [0.1, 0.15) is 6.42 Å². The van der Waals surface area contributed by atoms with Crippen molar-refractivity contribution >= 4 is 40.1 Å². The largest absolute Gasteiger partial charge is 0.183 e. The average molecular weight is 188 g/mol. The van der Waals surface area contributed by atoms with E-state index in [4.69, 9.17) is 35.0 Å². The van der Waals surface area contributed by atoms with E-state index in [-0.39, 0.29) is 5.50 Å². The second-order valence-corrected chi connectivity index (χ2v) is 2.82. The molecule has 0 aliphatic carbocycles. The summed E-state index contributed by atoms with van der Waals surface area (Å²) in [7, 11) is 0. The molecule has 1 atom stereocenters. The number of halogens is 3. The molecule has 1 aliphatic heterocycles. The van der Waals surface area contributed by atoms with Gasteiger partial charge in [-0.2, -0.15) is 5.43 Å². The van der Waals surface area contributed by atoms with Crippen molar-refractivity contribution in [3.05, 3.63) is 0 Å². The third kappa shape index (κ3) is 2.18. The molecule has 1 rings (SSSR count). The van der Waals surface area contributed by atoms with E-state index in [0.29, 0.717) is 11.6 Å². The Morgan fingerprint density at radius 3 is 2.89 bits per heavy atom. The van der Waals surface area contributed by atoms with Crippen molar-refractivity contribution in [2.24, 2.45) is 5.10 Å². The molecule has 0 saturated carbocycles. The lowest BCUT2D eigenvalue weighted by molar-refractivity contribution is 0.325. The second kappa shape index (κ2) is 2.92. The molecule has 0 amide bonds. The topological polar surface area (TPSA) is 27.6 Å². The highest BCUT2D eigenvalue weighted by atomic mass is 35.5. The van der Waals surface area contributed by atoms with Crippen LogP contribution in [0.15, 0.2) is 5.10 Å². The smallest absolute Gasteiger partial charge is 0.132 e. The van der Waals surface area contributed by atoms with Gasteiger partial charge >= 0.3 is 0 Å². The molecular weight excluding hydrogens is 184 g/mol. The van der Waals surface area contributed by atoms with Gasteiger partial charge in [-0.05, 0) is 0 Å². The van der Waals surface area contributed by atoms with Gasteiger partial charge in [0.1, 0.15) is 10.7 Å². The first-order valence-electron chi connectivity index (χ1n) is 2.27. The van der Waals surface area contributed by atoms with Crippen LogP contribution in [0.2, 0.25) is 0 Å². The average Bonchev–Trinajstić information content (AvgIpc) is 1.59. The summed E-state index contributed by atoms with van der Waals surface area (Å²) in [5.74, 6) is 0. The van der Waals surface area contributed by atoms with Gasteiger partial charge in [0.05, 0.1) is 11.8 Å². The molecule has 1 aliphatic rings. The van der Waals surface area contributed by atoms with Crippen molar-refractivity contribution in [2.45, 2.75) is 11.9 Å². The molecule has 0 fully saturated rings. The Bertz CT molecular complexity index is 136. The third-order valence-corrected chi connectivity index (χ3v) is 1.45. The lowest BCUT2D eigenvalue weighted by atomic mass is 10.4. The van der Waals surface area contributed by atoms with Gasteiger partial charge in [0, 0.05) is 6.42 Å². The summed E-state index contributed by atoms with van der Waals surface area (Å²) in [6.45, 7) is 0. The van der Waals surface area contributed by atoms with Gasteiger partial charge in [0.2, 0.25) is 0 Å². The van der Waals surface area contributed by atoms with Crippen LogP contribution >= 0.6 is 35.0 Å². The molecule has 0 aromatic heterocycles. The molecule has 0 radical (unpaired) electrons. The van der Waals surface area contributed by atoms with Crippen LogP contribution in [-0.4, -0.2) is 15.3 Å². The zero-order chi connectivity index (χ0) is 6.85. The number of hydrazine groups is 1. The third-order valence-electron chi connectivity index (χ3n) is 0.791. The fourth-order valence-corrected chi connectivity index (χ4v) is 1.32. The summed E-state index contributed by atoms with van der Waals surface area (Å²) >= 11 is 16.5. The molecule has 9 heavy (non-hydrogen) atoms. The number of hydrogen-bond donors (Lipinski definition) is 1. The Hall–Kier alpha value is 0.300. The normalized spacial score (nSPS) is 28.1. The first-order chi connectivity index (χ1) is 4.18. The van der Waals surface area contributed by atoms with E-state index >= 15 is 0 Å². The van der Waals surface area contributed by atoms with Crippen LogP contribution < -0.4 is 5.43 Å². The highest BCUT2D eigenvalue weighted by Gasteiger charge is 2.15. The van der Waals surface area contributed by atoms with Crippen LogP contribution in [-0.2, 0) is 0 Å². The maximum Gasteiger partial charge on any atom is 0.132 e. The van der Waals surface area contributed by atoms with E-state index in [9.17, 15) is 0 Å². The van der Waals surface area contributed by atoms with Gasteiger partial charge < -0.3 is 0 Å². The maximum absolute atomic E-state index is 5.60. The van der Waals surface area contributed by atoms with Crippen LogP contribution in [0.3, 0.4) is 0 Å². The number of hydrazone groups is 1. The van der Waals surface area contributed by atoms with E-state index < -0.39 is 0 Å². The fraction of sp³-hybridized carbons (Fsp3) is 0.667. The zero-order valence-corrected chi connectivity index (χ0v) is 6.58. The Balaban J connectivity index is 2.56. The summed E-state index contributed by atoms with van der Waals surface area (Å²) in [6, 6.07) is 0. The molecule has 0 bridgehead atoms. The highest BCUT2D eigenvalue weighted by Crippen LogP contribution is 2.11. The summed E-state index contributed by atoms with van der Waals surface area (Å²) in [4.78, 5) is 0. The van der Waals surface area contributed by atoms with Gasteiger partial charge in [0.15, 0.2) is 0 Å². The van der Waals surface area contributed by atoms with Gasteiger partial charge in [-0.25, -0.2) is 0 Å². The molecule has 0 aromatic carbocycles. The fourth-order valence-electron chi connectivity index (χ4n) is 0.474. The highest BCUT2D eigenvalue weighted by molar-refractivity contribution is 6.65. The van der Waals surface area contributed by atoms with E-state index in [1.165, 1.54) is 0 Å². The van der Waals surface area contributed by atoms with Gasteiger partial charge in [-0.3, -0.25) is 0 Å². The minimum Gasteiger partial charge on any atom is -0.183 e.